The summed E-state index contributed by atoms with van der Waals surface area (Å²) < 4.78 is 10.6. The van der Waals surface area contributed by atoms with Crippen LogP contribution in [0.1, 0.15) is 40.0 Å². The number of ether oxygens (including phenoxy) is 2. The van der Waals surface area contributed by atoms with E-state index in [4.69, 9.17) is 15.2 Å². The lowest BCUT2D eigenvalue weighted by atomic mass is 9.77. The van der Waals surface area contributed by atoms with Crippen molar-refractivity contribution in [3.63, 3.8) is 0 Å². The van der Waals surface area contributed by atoms with Crippen LogP contribution in [-0.2, 0) is 14.3 Å². The van der Waals surface area contributed by atoms with Gasteiger partial charge in [0.05, 0.1) is 6.42 Å². The predicted octanol–water partition coefficient (Wildman–Crippen LogP) is 1.47. The first kappa shape index (κ1) is 13.5. The van der Waals surface area contributed by atoms with Crippen molar-refractivity contribution >= 4 is 5.97 Å². The van der Waals surface area contributed by atoms with Crippen LogP contribution in [0.25, 0.3) is 0 Å². The van der Waals surface area contributed by atoms with Crippen LogP contribution in [0.2, 0.25) is 0 Å². The summed E-state index contributed by atoms with van der Waals surface area (Å²) in [6.45, 7) is 7.55. The molecule has 1 heterocycles. The van der Waals surface area contributed by atoms with Crippen molar-refractivity contribution in [3.05, 3.63) is 0 Å². The van der Waals surface area contributed by atoms with Crippen LogP contribution in [0.15, 0.2) is 0 Å². The van der Waals surface area contributed by atoms with E-state index in [-0.39, 0.29) is 11.4 Å². The molecule has 94 valence electrons. The monoisotopic (exact) mass is 229 g/mol. The smallest absolute Gasteiger partial charge is 0.306 e. The molecule has 0 aromatic rings. The van der Waals surface area contributed by atoms with E-state index in [2.05, 4.69) is 0 Å². The fraction of sp³-hybridized carbons (Fsp3) is 0.917. The van der Waals surface area contributed by atoms with E-state index in [1.807, 2.05) is 20.8 Å². The number of carbonyl (C=O) groups excluding carboxylic acids is 1. The number of rotatable bonds is 3. The van der Waals surface area contributed by atoms with Gasteiger partial charge in [-0.05, 0) is 45.6 Å². The van der Waals surface area contributed by atoms with Gasteiger partial charge in [-0.25, -0.2) is 0 Å². The van der Waals surface area contributed by atoms with Gasteiger partial charge in [0.2, 0.25) is 0 Å². The second kappa shape index (κ2) is 5.15. The molecule has 0 aliphatic carbocycles. The Morgan fingerprint density at radius 3 is 2.38 bits per heavy atom. The fourth-order valence-corrected chi connectivity index (χ4v) is 1.94. The van der Waals surface area contributed by atoms with Gasteiger partial charge in [0.15, 0.2) is 0 Å². The molecule has 0 saturated carbocycles. The lowest BCUT2D eigenvalue weighted by molar-refractivity contribution is -0.159. The van der Waals surface area contributed by atoms with Crippen LogP contribution < -0.4 is 5.73 Å². The van der Waals surface area contributed by atoms with Gasteiger partial charge in [-0.15, -0.1) is 0 Å². The third-order valence-electron chi connectivity index (χ3n) is 2.93. The van der Waals surface area contributed by atoms with Gasteiger partial charge in [0.25, 0.3) is 0 Å². The number of carbonyl (C=O) groups is 1. The second-order valence-electron chi connectivity index (χ2n) is 5.58. The first-order valence-corrected chi connectivity index (χ1v) is 5.87. The summed E-state index contributed by atoms with van der Waals surface area (Å²) >= 11 is 0. The summed E-state index contributed by atoms with van der Waals surface area (Å²) in [7, 11) is 0. The molecule has 16 heavy (non-hydrogen) atoms. The Labute approximate surface area is 97.5 Å². The van der Waals surface area contributed by atoms with Crippen molar-refractivity contribution in [3.8, 4) is 0 Å². The third-order valence-corrected chi connectivity index (χ3v) is 2.93. The summed E-state index contributed by atoms with van der Waals surface area (Å²) in [5, 5.41) is 0. The molecule has 0 aromatic heterocycles. The molecule has 2 N–H and O–H groups in total. The number of nitrogens with two attached hydrogens (primary N) is 1. The first-order chi connectivity index (χ1) is 7.37. The van der Waals surface area contributed by atoms with Crippen molar-refractivity contribution in [1.29, 1.82) is 0 Å². The lowest BCUT2D eigenvalue weighted by Crippen LogP contribution is -2.40. The van der Waals surface area contributed by atoms with E-state index in [9.17, 15) is 4.79 Å². The minimum absolute atomic E-state index is 0.111. The van der Waals surface area contributed by atoms with Gasteiger partial charge in [0, 0.05) is 13.2 Å². The first-order valence-electron chi connectivity index (χ1n) is 5.87. The summed E-state index contributed by atoms with van der Waals surface area (Å²) in [5.74, 6) is -0.153. The molecule has 1 rings (SSSR count). The van der Waals surface area contributed by atoms with Gasteiger partial charge >= 0.3 is 5.97 Å². The van der Waals surface area contributed by atoms with Crippen molar-refractivity contribution in [2.24, 2.45) is 11.1 Å². The highest BCUT2D eigenvalue weighted by molar-refractivity contribution is 5.70. The predicted molar refractivity (Wildman–Crippen MR) is 62.0 cm³/mol. The molecule has 1 aliphatic heterocycles. The highest BCUT2D eigenvalue weighted by Crippen LogP contribution is 2.33. The van der Waals surface area contributed by atoms with E-state index in [1.165, 1.54) is 0 Å². The van der Waals surface area contributed by atoms with E-state index < -0.39 is 5.60 Å². The molecule has 1 fully saturated rings. The molecule has 0 radical (unpaired) electrons. The molecule has 0 atom stereocenters. The van der Waals surface area contributed by atoms with E-state index >= 15 is 0 Å². The molecule has 4 heteroatoms. The van der Waals surface area contributed by atoms with E-state index in [1.54, 1.807) is 0 Å². The lowest BCUT2D eigenvalue weighted by Gasteiger charge is -2.35. The maximum Gasteiger partial charge on any atom is 0.306 e. The van der Waals surface area contributed by atoms with Crippen molar-refractivity contribution in [2.45, 2.75) is 45.6 Å². The van der Waals surface area contributed by atoms with Gasteiger partial charge < -0.3 is 15.2 Å². The molecular formula is C12H23NO3. The van der Waals surface area contributed by atoms with Crippen molar-refractivity contribution < 1.29 is 14.3 Å². The van der Waals surface area contributed by atoms with Crippen LogP contribution in [0.3, 0.4) is 0 Å². The maximum atomic E-state index is 11.8. The molecule has 1 aliphatic rings. The molecular weight excluding hydrogens is 206 g/mol. The van der Waals surface area contributed by atoms with E-state index in [0.29, 0.717) is 26.2 Å². The molecule has 0 bridgehead atoms. The standard InChI is InChI=1S/C12H23NO3/c1-11(2,3)16-10(14)8-12(9-13)4-6-15-7-5-12/h4-9,13H2,1-3H3. The molecule has 0 aromatic carbocycles. The Hall–Kier alpha value is -0.610. The summed E-state index contributed by atoms with van der Waals surface area (Å²) in [5.41, 5.74) is 5.26. The zero-order valence-corrected chi connectivity index (χ0v) is 10.5. The van der Waals surface area contributed by atoms with Gasteiger partial charge in [-0.1, -0.05) is 0 Å². The molecule has 1 saturated heterocycles. The summed E-state index contributed by atoms with van der Waals surface area (Å²) in [6.07, 6.45) is 2.11. The third kappa shape index (κ3) is 4.10. The average molecular weight is 229 g/mol. The van der Waals surface area contributed by atoms with Crippen LogP contribution in [0.5, 0.6) is 0 Å². The molecule has 0 amide bonds. The van der Waals surface area contributed by atoms with Gasteiger partial charge in [-0.2, -0.15) is 0 Å². The normalized spacial score (nSPS) is 20.5. The minimum atomic E-state index is -0.419. The Kier molecular flexibility index (Phi) is 4.33. The van der Waals surface area contributed by atoms with Crippen molar-refractivity contribution in [1.82, 2.24) is 0 Å². The fourth-order valence-electron chi connectivity index (χ4n) is 1.94. The minimum Gasteiger partial charge on any atom is -0.460 e. The zero-order chi connectivity index (χ0) is 12.2. The average Bonchev–Trinajstić information content (AvgIpc) is 2.16. The SMILES string of the molecule is CC(C)(C)OC(=O)CC1(CN)CCOCC1. The Balaban J connectivity index is 2.52. The molecule has 0 unspecified atom stereocenters. The molecule has 4 nitrogen and oxygen atoms in total. The highest BCUT2D eigenvalue weighted by Gasteiger charge is 2.35. The Morgan fingerprint density at radius 2 is 1.94 bits per heavy atom. The van der Waals surface area contributed by atoms with E-state index in [0.717, 1.165) is 12.8 Å². The second-order valence-corrected chi connectivity index (χ2v) is 5.58. The quantitative estimate of drug-likeness (QED) is 0.744. The van der Waals surface area contributed by atoms with Crippen LogP contribution in [-0.4, -0.2) is 31.3 Å². The summed E-state index contributed by atoms with van der Waals surface area (Å²) in [4.78, 5) is 11.8. The highest BCUT2D eigenvalue weighted by atomic mass is 16.6. The molecule has 0 spiro atoms. The topological polar surface area (TPSA) is 61.5 Å². The number of hydrogen-bond donors (Lipinski definition) is 1. The Bertz CT molecular complexity index is 239. The number of esters is 1. The van der Waals surface area contributed by atoms with Crippen LogP contribution in [0, 0.1) is 5.41 Å². The van der Waals surface area contributed by atoms with Crippen molar-refractivity contribution in [2.75, 3.05) is 19.8 Å². The zero-order valence-electron chi connectivity index (χ0n) is 10.5. The largest absolute Gasteiger partial charge is 0.460 e. The van der Waals surface area contributed by atoms with Gasteiger partial charge in [-0.3, -0.25) is 4.79 Å². The van der Waals surface area contributed by atoms with Gasteiger partial charge in [0.1, 0.15) is 5.60 Å². The number of hydrogen-bond acceptors (Lipinski definition) is 4. The maximum absolute atomic E-state index is 11.8. The van der Waals surface area contributed by atoms with Crippen LogP contribution in [0.4, 0.5) is 0 Å². The summed E-state index contributed by atoms with van der Waals surface area (Å²) in [6, 6.07) is 0. The van der Waals surface area contributed by atoms with Crippen LogP contribution >= 0.6 is 0 Å². The Morgan fingerprint density at radius 1 is 1.38 bits per heavy atom.